The molecule has 3 aromatic carbocycles. The molecule has 0 bridgehead atoms. The first-order valence-electron chi connectivity index (χ1n) is 9.83. The Bertz CT molecular complexity index is 1350. The van der Waals surface area contributed by atoms with Crippen LogP contribution in [0.1, 0.15) is 27.7 Å². The van der Waals surface area contributed by atoms with Crippen LogP contribution < -0.4 is 16.6 Å². The van der Waals surface area contributed by atoms with E-state index in [0.717, 1.165) is 15.8 Å². The number of amides is 2. The van der Waals surface area contributed by atoms with Crippen molar-refractivity contribution in [1.29, 1.82) is 0 Å². The summed E-state index contributed by atoms with van der Waals surface area (Å²) in [6.45, 7) is -0.374. The Morgan fingerprint density at radius 3 is 2.16 bits per heavy atom. The quantitative estimate of drug-likeness (QED) is 0.474. The molecular formula is C24H19ClN4O3. The van der Waals surface area contributed by atoms with Crippen LogP contribution >= 0.6 is 11.6 Å². The highest BCUT2D eigenvalue weighted by atomic mass is 35.5. The Morgan fingerprint density at radius 1 is 0.906 bits per heavy atom. The van der Waals surface area contributed by atoms with Crippen molar-refractivity contribution in [3.05, 3.63) is 111 Å². The molecule has 0 aliphatic carbocycles. The number of nitrogens with two attached hydrogens (primary N) is 1. The molecular weight excluding hydrogens is 428 g/mol. The lowest BCUT2D eigenvalue weighted by Crippen LogP contribution is -2.37. The second-order valence-electron chi connectivity index (χ2n) is 7.18. The van der Waals surface area contributed by atoms with Gasteiger partial charge in [0.15, 0.2) is 5.69 Å². The summed E-state index contributed by atoms with van der Waals surface area (Å²) in [4.78, 5) is 37.7. The smallest absolute Gasteiger partial charge is 0.275 e. The van der Waals surface area contributed by atoms with Crippen LogP contribution in [0.25, 0.3) is 10.8 Å². The molecule has 0 radical (unpaired) electrons. The van der Waals surface area contributed by atoms with Gasteiger partial charge >= 0.3 is 0 Å². The number of carbonyl (C=O) groups is 2. The molecule has 0 saturated carbocycles. The average molecular weight is 447 g/mol. The fourth-order valence-corrected chi connectivity index (χ4v) is 3.65. The Kier molecular flexibility index (Phi) is 6.00. The Morgan fingerprint density at radius 2 is 1.50 bits per heavy atom. The van der Waals surface area contributed by atoms with Crippen molar-refractivity contribution in [2.45, 2.75) is 12.6 Å². The first-order chi connectivity index (χ1) is 15.4. The minimum atomic E-state index is -0.779. The monoisotopic (exact) mass is 446 g/mol. The number of fused-ring (bicyclic) bond motifs is 1. The van der Waals surface area contributed by atoms with E-state index in [2.05, 4.69) is 10.4 Å². The molecule has 32 heavy (non-hydrogen) atoms. The zero-order valence-corrected chi connectivity index (χ0v) is 17.6. The van der Waals surface area contributed by atoms with E-state index >= 15 is 0 Å². The summed E-state index contributed by atoms with van der Waals surface area (Å²) in [6, 6.07) is 22.6. The van der Waals surface area contributed by atoms with Gasteiger partial charge in [-0.25, -0.2) is 4.68 Å². The van der Waals surface area contributed by atoms with E-state index in [0.29, 0.717) is 10.4 Å². The first-order valence-corrected chi connectivity index (χ1v) is 10.2. The van der Waals surface area contributed by atoms with Gasteiger partial charge in [0.2, 0.25) is 5.91 Å². The number of benzene rings is 3. The summed E-state index contributed by atoms with van der Waals surface area (Å²) in [5, 5.41) is 8.20. The largest absolute Gasteiger partial charge is 0.364 e. The van der Waals surface area contributed by atoms with Crippen LogP contribution in [0.4, 0.5) is 0 Å². The van der Waals surface area contributed by atoms with Crippen molar-refractivity contribution in [2.75, 3.05) is 0 Å². The zero-order valence-electron chi connectivity index (χ0n) is 16.9. The molecule has 0 fully saturated rings. The van der Waals surface area contributed by atoms with Crippen molar-refractivity contribution >= 4 is 34.2 Å². The summed E-state index contributed by atoms with van der Waals surface area (Å²) in [5.74, 6) is -1.23. The van der Waals surface area contributed by atoms with Gasteiger partial charge in [0, 0.05) is 10.4 Å². The molecule has 0 saturated heterocycles. The van der Waals surface area contributed by atoms with Gasteiger partial charge in [-0.05, 0) is 29.3 Å². The maximum atomic E-state index is 13.0. The third-order valence-corrected chi connectivity index (χ3v) is 5.29. The van der Waals surface area contributed by atoms with Crippen LogP contribution in [0.15, 0.2) is 83.7 Å². The molecule has 1 heterocycles. The number of nitrogens with one attached hydrogen (secondary N) is 1. The fraction of sp³-hybridized carbons (Fsp3) is 0.0833. The predicted octanol–water partition coefficient (Wildman–Crippen LogP) is 3.05. The second kappa shape index (κ2) is 9.03. The topological polar surface area (TPSA) is 107 Å². The van der Waals surface area contributed by atoms with Crippen LogP contribution in [0.5, 0.6) is 0 Å². The molecule has 3 N–H and O–H groups in total. The molecule has 1 atom stereocenters. The maximum Gasteiger partial charge on any atom is 0.275 e. The highest BCUT2D eigenvalue weighted by Crippen LogP contribution is 2.23. The normalized spacial score (nSPS) is 11.8. The number of rotatable bonds is 6. The summed E-state index contributed by atoms with van der Waals surface area (Å²) in [7, 11) is 0. The van der Waals surface area contributed by atoms with Crippen LogP contribution in [0.3, 0.4) is 0 Å². The predicted molar refractivity (Wildman–Crippen MR) is 122 cm³/mol. The standard InChI is InChI=1S/C24H19ClN4O3/c25-17-12-10-16(11-13-17)21(15-6-2-1-3-7-15)27-20(30)14-29-24(32)19-9-5-4-8-18(19)22(28-29)23(26)31/h1-13,21H,14H2,(H2,26,31)(H,27,30)/t21-/m1/s1. The Balaban J connectivity index is 1.68. The van der Waals surface area contributed by atoms with Gasteiger partial charge in [0.05, 0.1) is 11.4 Å². The summed E-state index contributed by atoms with van der Waals surface area (Å²) in [5.41, 5.74) is 6.58. The van der Waals surface area contributed by atoms with Gasteiger partial charge in [-0.1, -0.05) is 72.3 Å². The van der Waals surface area contributed by atoms with E-state index in [1.807, 2.05) is 42.5 Å². The number of hydrogen-bond acceptors (Lipinski definition) is 4. The summed E-state index contributed by atoms with van der Waals surface area (Å²) in [6.07, 6.45) is 0. The third kappa shape index (κ3) is 4.38. The van der Waals surface area contributed by atoms with E-state index in [1.54, 1.807) is 36.4 Å². The Hall–Kier alpha value is -3.97. The molecule has 0 unspecified atom stereocenters. The minimum Gasteiger partial charge on any atom is -0.364 e. The van der Waals surface area contributed by atoms with Gasteiger partial charge in [0.25, 0.3) is 11.5 Å². The molecule has 2 amide bonds. The molecule has 0 aliphatic rings. The molecule has 4 aromatic rings. The van der Waals surface area contributed by atoms with Crippen molar-refractivity contribution in [1.82, 2.24) is 15.1 Å². The Labute approximate surface area is 188 Å². The van der Waals surface area contributed by atoms with Gasteiger partial charge in [-0.3, -0.25) is 14.4 Å². The summed E-state index contributed by atoms with van der Waals surface area (Å²) >= 11 is 6.01. The number of nitrogens with zero attached hydrogens (tertiary/aromatic N) is 2. The van der Waals surface area contributed by atoms with E-state index < -0.39 is 23.4 Å². The van der Waals surface area contributed by atoms with Gasteiger partial charge in [-0.2, -0.15) is 5.10 Å². The number of halogens is 1. The molecule has 7 nitrogen and oxygen atoms in total. The molecule has 4 rings (SSSR count). The number of aromatic nitrogens is 2. The first kappa shape index (κ1) is 21.3. The van der Waals surface area contributed by atoms with Gasteiger partial charge < -0.3 is 11.1 Å². The molecule has 8 heteroatoms. The third-order valence-electron chi connectivity index (χ3n) is 5.04. The van der Waals surface area contributed by atoms with Crippen LogP contribution in [-0.4, -0.2) is 21.6 Å². The van der Waals surface area contributed by atoms with Crippen LogP contribution in [-0.2, 0) is 11.3 Å². The minimum absolute atomic E-state index is 0.0645. The number of carbonyl (C=O) groups excluding carboxylic acids is 2. The lowest BCUT2D eigenvalue weighted by atomic mass is 9.98. The highest BCUT2D eigenvalue weighted by Gasteiger charge is 2.20. The average Bonchev–Trinajstić information content (AvgIpc) is 2.80. The SMILES string of the molecule is NC(=O)c1nn(CC(=O)N[C@H](c2ccccc2)c2ccc(Cl)cc2)c(=O)c2ccccc12. The van der Waals surface area contributed by atoms with Crippen LogP contribution in [0.2, 0.25) is 5.02 Å². The lowest BCUT2D eigenvalue weighted by Gasteiger charge is -2.20. The molecule has 0 spiro atoms. The number of hydrogen-bond donors (Lipinski definition) is 2. The lowest BCUT2D eigenvalue weighted by molar-refractivity contribution is -0.122. The van der Waals surface area contributed by atoms with Crippen molar-refractivity contribution < 1.29 is 9.59 Å². The van der Waals surface area contributed by atoms with Crippen molar-refractivity contribution in [2.24, 2.45) is 5.73 Å². The van der Waals surface area contributed by atoms with Crippen molar-refractivity contribution in [3.63, 3.8) is 0 Å². The maximum absolute atomic E-state index is 13.0. The van der Waals surface area contributed by atoms with E-state index in [1.165, 1.54) is 0 Å². The zero-order chi connectivity index (χ0) is 22.7. The van der Waals surface area contributed by atoms with Crippen molar-refractivity contribution in [3.8, 4) is 0 Å². The fourth-order valence-electron chi connectivity index (χ4n) is 3.53. The van der Waals surface area contributed by atoms with E-state index in [-0.39, 0.29) is 17.6 Å². The molecule has 160 valence electrons. The van der Waals surface area contributed by atoms with E-state index in [9.17, 15) is 14.4 Å². The van der Waals surface area contributed by atoms with Gasteiger partial charge in [0.1, 0.15) is 6.54 Å². The second-order valence-corrected chi connectivity index (χ2v) is 7.62. The molecule has 0 aliphatic heterocycles. The van der Waals surface area contributed by atoms with Crippen LogP contribution in [0, 0.1) is 0 Å². The van der Waals surface area contributed by atoms with Gasteiger partial charge in [-0.15, -0.1) is 0 Å². The molecule has 1 aromatic heterocycles. The highest BCUT2D eigenvalue weighted by molar-refractivity contribution is 6.30. The van der Waals surface area contributed by atoms with E-state index in [4.69, 9.17) is 17.3 Å². The number of primary amides is 1. The summed E-state index contributed by atoms with van der Waals surface area (Å²) < 4.78 is 0.960.